The molecule has 0 unspecified atom stereocenters. The third-order valence-corrected chi connectivity index (χ3v) is 4.40. The molecule has 0 aliphatic heterocycles. The van der Waals surface area contributed by atoms with Crippen LogP contribution in [-0.4, -0.2) is 18.0 Å². The lowest BCUT2D eigenvalue weighted by Gasteiger charge is -2.09. The number of ether oxygens (including phenoxy) is 1. The molecular weight excluding hydrogens is 320 g/mol. The summed E-state index contributed by atoms with van der Waals surface area (Å²) in [5, 5.41) is 5.99. The van der Waals surface area contributed by atoms with Crippen molar-refractivity contribution in [2.45, 2.75) is 13.3 Å². The van der Waals surface area contributed by atoms with Crippen LogP contribution < -0.4 is 10.1 Å². The van der Waals surface area contributed by atoms with Crippen molar-refractivity contribution in [2.75, 3.05) is 12.4 Å². The highest BCUT2D eigenvalue weighted by molar-refractivity contribution is 7.09. The van der Waals surface area contributed by atoms with Crippen molar-refractivity contribution in [3.05, 3.63) is 64.5 Å². The molecule has 1 aromatic heterocycles. The van der Waals surface area contributed by atoms with Crippen LogP contribution in [0.3, 0.4) is 0 Å². The quantitative estimate of drug-likeness (QED) is 0.754. The number of methoxy groups -OCH3 is 1. The lowest BCUT2D eigenvalue weighted by atomic mass is 10.1. The molecule has 24 heavy (non-hydrogen) atoms. The number of amides is 1. The molecule has 0 saturated carbocycles. The molecule has 3 aromatic rings. The summed E-state index contributed by atoms with van der Waals surface area (Å²) in [7, 11) is 1.61. The van der Waals surface area contributed by atoms with Crippen LogP contribution >= 0.6 is 11.3 Å². The first-order chi connectivity index (χ1) is 11.7. The molecule has 122 valence electrons. The lowest BCUT2D eigenvalue weighted by Crippen LogP contribution is -2.14. The average molecular weight is 338 g/mol. The van der Waals surface area contributed by atoms with E-state index < -0.39 is 0 Å². The largest absolute Gasteiger partial charge is 0.496 e. The number of rotatable bonds is 5. The number of hydrogen-bond donors (Lipinski definition) is 1. The Labute approximate surface area is 145 Å². The van der Waals surface area contributed by atoms with Crippen molar-refractivity contribution in [1.29, 1.82) is 0 Å². The fourth-order valence-corrected chi connectivity index (χ4v) is 3.07. The molecule has 1 heterocycles. The molecule has 0 aliphatic rings. The minimum atomic E-state index is -0.0725. The van der Waals surface area contributed by atoms with E-state index in [1.807, 2.05) is 60.8 Å². The molecule has 0 saturated heterocycles. The van der Waals surface area contributed by atoms with E-state index in [1.165, 1.54) is 0 Å². The van der Waals surface area contributed by atoms with Crippen molar-refractivity contribution in [3.63, 3.8) is 0 Å². The first-order valence-electron chi connectivity index (χ1n) is 7.60. The Hall–Kier alpha value is -2.66. The Morgan fingerprint density at radius 1 is 1.17 bits per heavy atom. The van der Waals surface area contributed by atoms with Crippen molar-refractivity contribution >= 4 is 22.9 Å². The van der Waals surface area contributed by atoms with Gasteiger partial charge in [-0.3, -0.25) is 4.79 Å². The fraction of sp³-hybridized carbons (Fsp3) is 0.158. The van der Waals surface area contributed by atoms with Gasteiger partial charge in [0.15, 0.2) is 0 Å². The van der Waals surface area contributed by atoms with E-state index >= 15 is 0 Å². The third kappa shape index (κ3) is 3.81. The summed E-state index contributed by atoms with van der Waals surface area (Å²) >= 11 is 1.63. The SMILES string of the molecule is COc1ccccc1CC(=O)Nc1ccc(-c2csc(C)n2)cc1. The molecule has 1 N–H and O–H groups in total. The van der Waals surface area contributed by atoms with Gasteiger partial charge >= 0.3 is 0 Å². The molecular formula is C19H18N2O2S. The maximum atomic E-state index is 12.2. The van der Waals surface area contributed by atoms with E-state index in [1.54, 1.807) is 18.4 Å². The summed E-state index contributed by atoms with van der Waals surface area (Å²) < 4.78 is 5.28. The normalized spacial score (nSPS) is 10.4. The Balaban J connectivity index is 1.66. The smallest absolute Gasteiger partial charge is 0.228 e. The second-order valence-corrected chi connectivity index (χ2v) is 6.43. The minimum Gasteiger partial charge on any atom is -0.496 e. The zero-order valence-corrected chi connectivity index (χ0v) is 14.4. The van der Waals surface area contributed by atoms with Crippen LogP contribution in [0.2, 0.25) is 0 Å². The lowest BCUT2D eigenvalue weighted by molar-refractivity contribution is -0.115. The second kappa shape index (κ2) is 7.27. The number of aromatic nitrogens is 1. The predicted molar refractivity (Wildman–Crippen MR) is 97.6 cm³/mol. The van der Waals surface area contributed by atoms with Gasteiger partial charge in [0.25, 0.3) is 0 Å². The van der Waals surface area contributed by atoms with Gasteiger partial charge in [0.05, 0.1) is 24.2 Å². The highest BCUT2D eigenvalue weighted by Gasteiger charge is 2.09. The first-order valence-corrected chi connectivity index (χ1v) is 8.48. The summed E-state index contributed by atoms with van der Waals surface area (Å²) in [6, 6.07) is 15.3. The topological polar surface area (TPSA) is 51.2 Å². The van der Waals surface area contributed by atoms with Crippen LogP contribution in [0.15, 0.2) is 53.9 Å². The molecule has 0 fully saturated rings. The van der Waals surface area contributed by atoms with Crippen LogP contribution in [0.4, 0.5) is 5.69 Å². The molecule has 0 bridgehead atoms. The number of carbonyl (C=O) groups is 1. The number of anilines is 1. The minimum absolute atomic E-state index is 0.0725. The fourth-order valence-electron chi connectivity index (χ4n) is 2.45. The second-order valence-electron chi connectivity index (χ2n) is 5.37. The van der Waals surface area contributed by atoms with Gasteiger partial charge in [0.1, 0.15) is 5.75 Å². The summed E-state index contributed by atoms with van der Waals surface area (Å²) in [6.07, 6.45) is 0.275. The van der Waals surface area contributed by atoms with Gasteiger partial charge in [-0.15, -0.1) is 11.3 Å². The molecule has 4 nitrogen and oxygen atoms in total. The van der Waals surface area contributed by atoms with Crippen molar-refractivity contribution in [1.82, 2.24) is 4.98 Å². The van der Waals surface area contributed by atoms with Gasteiger partial charge in [-0.25, -0.2) is 4.98 Å². The van der Waals surface area contributed by atoms with Gasteiger partial charge < -0.3 is 10.1 Å². The summed E-state index contributed by atoms with van der Waals surface area (Å²) in [4.78, 5) is 16.7. The molecule has 0 spiro atoms. The maximum absolute atomic E-state index is 12.2. The Bertz CT molecular complexity index is 841. The molecule has 3 rings (SSSR count). The van der Waals surface area contributed by atoms with Crippen molar-refractivity contribution in [2.24, 2.45) is 0 Å². The highest BCUT2D eigenvalue weighted by atomic mass is 32.1. The summed E-state index contributed by atoms with van der Waals surface area (Å²) in [6.45, 7) is 1.99. The zero-order valence-electron chi connectivity index (χ0n) is 13.6. The number of nitrogens with one attached hydrogen (secondary N) is 1. The van der Waals surface area contributed by atoms with Crippen molar-refractivity contribution < 1.29 is 9.53 Å². The van der Waals surface area contributed by atoms with Crippen LogP contribution in [0.25, 0.3) is 11.3 Å². The third-order valence-electron chi connectivity index (χ3n) is 3.63. The molecule has 1 amide bonds. The number of nitrogens with zero attached hydrogens (tertiary/aromatic N) is 1. The average Bonchev–Trinajstić information content (AvgIpc) is 3.02. The number of aryl methyl sites for hydroxylation is 1. The van der Waals surface area contributed by atoms with Gasteiger partial charge in [0, 0.05) is 22.2 Å². The predicted octanol–water partition coefficient (Wildman–Crippen LogP) is 4.31. The van der Waals surface area contributed by atoms with Gasteiger partial charge in [-0.1, -0.05) is 30.3 Å². The Morgan fingerprint density at radius 3 is 2.58 bits per heavy atom. The van der Waals surface area contributed by atoms with Gasteiger partial charge in [-0.2, -0.15) is 0 Å². The number of carbonyl (C=O) groups excluding carboxylic acids is 1. The highest BCUT2D eigenvalue weighted by Crippen LogP contribution is 2.23. The Kier molecular flexibility index (Phi) is 4.91. The first kappa shape index (κ1) is 16.2. The molecule has 0 radical (unpaired) electrons. The van der Waals surface area contributed by atoms with E-state index in [0.717, 1.165) is 33.3 Å². The standard InChI is InChI=1S/C19H18N2O2S/c1-13-20-17(12-24-13)14-7-9-16(10-8-14)21-19(22)11-15-5-3-4-6-18(15)23-2/h3-10,12H,11H2,1-2H3,(H,21,22). The Morgan fingerprint density at radius 2 is 1.92 bits per heavy atom. The van der Waals surface area contributed by atoms with E-state index in [2.05, 4.69) is 10.3 Å². The maximum Gasteiger partial charge on any atom is 0.228 e. The van der Waals surface area contributed by atoms with Gasteiger partial charge in [-0.05, 0) is 25.1 Å². The number of hydrogen-bond acceptors (Lipinski definition) is 4. The van der Waals surface area contributed by atoms with Crippen LogP contribution in [0, 0.1) is 6.92 Å². The number of benzene rings is 2. The van der Waals surface area contributed by atoms with Crippen LogP contribution in [0.5, 0.6) is 5.75 Å². The van der Waals surface area contributed by atoms with Gasteiger partial charge in [0.2, 0.25) is 5.91 Å². The van der Waals surface area contributed by atoms with Crippen LogP contribution in [0.1, 0.15) is 10.6 Å². The summed E-state index contributed by atoms with van der Waals surface area (Å²) in [5.74, 6) is 0.652. The van der Waals surface area contributed by atoms with E-state index in [9.17, 15) is 4.79 Å². The van der Waals surface area contributed by atoms with Crippen molar-refractivity contribution in [3.8, 4) is 17.0 Å². The van der Waals surface area contributed by atoms with E-state index in [0.29, 0.717) is 0 Å². The number of para-hydroxylation sites is 1. The molecule has 0 aliphatic carbocycles. The van der Waals surface area contributed by atoms with E-state index in [4.69, 9.17) is 4.74 Å². The zero-order chi connectivity index (χ0) is 16.9. The summed E-state index contributed by atoms with van der Waals surface area (Å²) in [5.41, 5.74) is 3.64. The number of thiazole rings is 1. The molecule has 5 heteroatoms. The molecule has 0 atom stereocenters. The van der Waals surface area contributed by atoms with E-state index in [-0.39, 0.29) is 12.3 Å². The van der Waals surface area contributed by atoms with Crippen LogP contribution in [-0.2, 0) is 11.2 Å². The molecule has 2 aromatic carbocycles. The monoisotopic (exact) mass is 338 g/mol.